The third-order valence-electron chi connectivity index (χ3n) is 2.38. The molecule has 0 aliphatic heterocycles. The second-order valence-corrected chi connectivity index (χ2v) is 3.86. The molecule has 1 aromatic heterocycles. The second kappa shape index (κ2) is 4.47. The predicted octanol–water partition coefficient (Wildman–Crippen LogP) is 2.05. The maximum absolute atomic E-state index is 4.45. The molecule has 0 spiro atoms. The van der Waals surface area contributed by atoms with E-state index in [2.05, 4.69) is 34.4 Å². The van der Waals surface area contributed by atoms with Crippen molar-refractivity contribution in [3.63, 3.8) is 0 Å². The third kappa shape index (κ3) is 2.81. The van der Waals surface area contributed by atoms with Crippen LogP contribution < -0.4 is 10.6 Å². The zero-order chi connectivity index (χ0) is 10.7. The quantitative estimate of drug-likeness (QED) is 0.774. The van der Waals surface area contributed by atoms with Crippen molar-refractivity contribution in [2.45, 2.75) is 39.2 Å². The summed E-state index contributed by atoms with van der Waals surface area (Å²) < 4.78 is 0. The summed E-state index contributed by atoms with van der Waals surface area (Å²) in [5.41, 5.74) is 0. The summed E-state index contributed by atoms with van der Waals surface area (Å²) in [6.07, 6.45) is 3.41. The Balaban J connectivity index is 2.15. The normalized spacial score (nSPS) is 15.1. The Labute approximate surface area is 90.5 Å². The molecule has 0 bridgehead atoms. The van der Waals surface area contributed by atoms with Crippen LogP contribution in [0.1, 0.15) is 32.5 Å². The van der Waals surface area contributed by atoms with E-state index in [4.69, 9.17) is 0 Å². The topological polar surface area (TPSA) is 49.8 Å². The van der Waals surface area contributed by atoms with E-state index in [1.165, 1.54) is 12.8 Å². The molecule has 82 valence electrons. The Morgan fingerprint density at radius 2 is 2.00 bits per heavy atom. The summed E-state index contributed by atoms with van der Waals surface area (Å²) in [4.78, 5) is 8.86. The first-order valence-corrected chi connectivity index (χ1v) is 5.70. The average molecular weight is 206 g/mol. The van der Waals surface area contributed by atoms with Crippen molar-refractivity contribution in [1.29, 1.82) is 0 Å². The minimum absolute atomic E-state index is 0.638. The first-order valence-electron chi connectivity index (χ1n) is 5.70. The summed E-state index contributed by atoms with van der Waals surface area (Å²) in [6.45, 7) is 5.04. The zero-order valence-corrected chi connectivity index (χ0v) is 9.38. The van der Waals surface area contributed by atoms with E-state index < -0.39 is 0 Å². The Kier molecular flexibility index (Phi) is 3.04. The van der Waals surface area contributed by atoms with Crippen molar-refractivity contribution in [2.24, 2.45) is 0 Å². The van der Waals surface area contributed by atoms with E-state index >= 15 is 0 Å². The van der Waals surface area contributed by atoms with Gasteiger partial charge in [0.25, 0.3) is 0 Å². The van der Waals surface area contributed by atoms with Gasteiger partial charge in [-0.2, -0.15) is 0 Å². The Morgan fingerprint density at radius 1 is 1.27 bits per heavy atom. The molecule has 4 heteroatoms. The number of nitrogens with zero attached hydrogens (tertiary/aromatic N) is 2. The van der Waals surface area contributed by atoms with Crippen LogP contribution in [-0.4, -0.2) is 22.6 Å². The highest BCUT2D eigenvalue weighted by molar-refractivity contribution is 5.48. The SMILES string of the molecule is CCNc1cc(NC2CC2)nc(CC)n1. The number of nitrogens with one attached hydrogen (secondary N) is 2. The minimum atomic E-state index is 0.638. The van der Waals surface area contributed by atoms with Crippen LogP contribution >= 0.6 is 0 Å². The van der Waals surface area contributed by atoms with E-state index in [-0.39, 0.29) is 0 Å². The fourth-order valence-corrected chi connectivity index (χ4v) is 1.44. The molecule has 4 nitrogen and oxygen atoms in total. The standard InChI is InChI=1S/C11H18N4/c1-3-9-14-10(12-4-2)7-11(15-9)13-8-5-6-8/h7-8H,3-6H2,1-2H3,(H2,12,13,14,15). The summed E-state index contributed by atoms with van der Waals surface area (Å²) in [6, 6.07) is 2.63. The highest BCUT2D eigenvalue weighted by Crippen LogP contribution is 2.24. The van der Waals surface area contributed by atoms with Crippen LogP contribution in [0, 0.1) is 0 Å². The first-order chi connectivity index (χ1) is 7.31. The number of anilines is 2. The molecule has 0 saturated heterocycles. The summed E-state index contributed by atoms with van der Waals surface area (Å²) in [5.74, 6) is 2.78. The van der Waals surface area contributed by atoms with E-state index in [9.17, 15) is 0 Å². The molecule has 2 N–H and O–H groups in total. The monoisotopic (exact) mass is 206 g/mol. The lowest BCUT2D eigenvalue weighted by Gasteiger charge is -2.09. The van der Waals surface area contributed by atoms with Gasteiger partial charge in [0.15, 0.2) is 0 Å². The highest BCUT2D eigenvalue weighted by atomic mass is 15.1. The number of hydrogen-bond donors (Lipinski definition) is 2. The van der Waals surface area contributed by atoms with Gasteiger partial charge >= 0.3 is 0 Å². The molecule has 0 atom stereocenters. The molecular formula is C11H18N4. The van der Waals surface area contributed by atoms with Crippen molar-refractivity contribution in [3.8, 4) is 0 Å². The molecule has 1 aromatic rings. The molecule has 0 unspecified atom stereocenters. The van der Waals surface area contributed by atoms with Crippen LogP contribution in [0.4, 0.5) is 11.6 Å². The van der Waals surface area contributed by atoms with Crippen LogP contribution in [-0.2, 0) is 6.42 Å². The van der Waals surface area contributed by atoms with Gasteiger partial charge in [0.05, 0.1) is 0 Å². The maximum atomic E-state index is 4.45. The van der Waals surface area contributed by atoms with E-state index in [1.54, 1.807) is 0 Å². The molecule has 0 amide bonds. The molecule has 1 aliphatic rings. The maximum Gasteiger partial charge on any atom is 0.132 e. The van der Waals surface area contributed by atoms with Crippen molar-refractivity contribution in [1.82, 2.24) is 9.97 Å². The molecule has 0 aromatic carbocycles. The van der Waals surface area contributed by atoms with Crippen LogP contribution in [0.2, 0.25) is 0 Å². The van der Waals surface area contributed by atoms with E-state index in [0.717, 1.165) is 30.4 Å². The van der Waals surface area contributed by atoms with Crippen molar-refractivity contribution in [3.05, 3.63) is 11.9 Å². The van der Waals surface area contributed by atoms with Gasteiger partial charge in [-0.1, -0.05) is 6.92 Å². The average Bonchev–Trinajstić information content (AvgIpc) is 3.02. The van der Waals surface area contributed by atoms with Gasteiger partial charge in [-0.15, -0.1) is 0 Å². The number of hydrogen-bond acceptors (Lipinski definition) is 4. The van der Waals surface area contributed by atoms with Crippen molar-refractivity contribution < 1.29 is 0 Å². The fourth-order valence-electron chi connectivity index (χ4n) is 1.44. The summed E-state index contributed by atoms with van der Waals surface area (Å²) >= 11 is 0. The van der Waals surface area contributed by atoms with Gasteiger partial charge < -0.3 is 10.6 Å². The molecule has 1 heterocycles. The predicted molar refractivity (Wildman–Crippen MR) is 62.2 cm³/mol. The smallest absolute Gasteiger partial charge is 0.132 e. The molecule has 0 radical (unpaired) electrons. The lowest BCUT2D eigenvalue weighted by molar-refractivity contribution is 0.929. The van der Waals surface area contributed by atoms with E-state index in [0.29, 0.717) is 6.04 Å². The Hall–Kier alpha value is -1.32. The van der Waals surface area contributed by atoms with Crippen LogP contribution in [0.25, 0.3) is 0 Å². The third-order valence-corrected chi connectivity index (χ3v) is 2.38. The van der Waals surface area contributed by atoms with Gasteiger partial charge in [-0.05, 0) is 19.8 Å². The lowest BCUT2D eigenvalue weighted by Crippen LogP contribution is -2.08. The molecule has 1 fully saturated rings. The van der Waals surface area contributed by atoms with Crippen LogP contribution in [0.5, 0.6) is 0 Å². The summed E-state index contributed by atoms with van der Waals surface area (Å²) in [5, 5.41) is 6.62. The minimum Gasteiger partial charge on any atom is -0.370 e. The van der Waals surface area contributed by atoms with Gasteiger partial charge in [-0.25, -0.2) is 9.97 Å². The lowest BCUT2D eigenvalue weighted by atomic mass is 10.4. The number of rotatable bonds is 5. The number of aromatic nitrogens is 2. The zero-order valence-electron chi connectivity index (χ0n) is 9.38. The highest BCUT2D eigenvalue weighted by Gasteiger charge is 2.21. The Morgan fingerprint density at radius 3 is 2.60 bits per heavy atom. The van der Waals surface area contributed by atoms with Crippen molar-refractivity contribution in [2.75, 3.05) is 17.2 Å². The largest absolute Gasteiger partial charge is 0.370 e. The van der Waals surface area contributed by atoms with E-state index in [1.807, 2.05) is 6.07 Å². The molecule has 15 heavy (non-hydrogen) atoms. The molecule has 2 rings (SSSR count). The van der Waals surface area contributed by atoms with Crippen LogP contribution in [0.15, 0.2) is 6.07 Å². The molecule has 1 saturated carbocycles. The van der Waals surface area contributed by atoms with Gasteiger partial charge in [-0.3, -0.25) is 0 Å². The fraction of sp³-hybridized carbons (Fsp3) is 0.636. The van der Waals surface area contributed by atoms with Crippen LogP contribution in [0.3, 0.4) is 0 Å². The number of aryl methyl sites for hydroxylation is 1. The van der Waals surface area contributed by atoms with Gasteiger partial charge in [0.2, 0.25) is 0 Å². The second-order valence-electron chi connectivity index (χ2n) is 3.86. The summed E-state index contributed by atoms with van der Waals surface area (Å²) in [7, 11) is 0. The van der Waals surface area contributed by atoms with Gasteiger partial charge in [0.1, 0.15) is 17.5 Å². The Bertz CT molecular complexity index is 333. The van der Waals surface area contributed by atoms with Crippen molar-refractivity contribution >= 4 is 11.6 Å². The molecular weight excluding hydrogens is 188 g/mol. The van der Waals surface area contributed by atoms with Gasteiger partial charge in [0, 0.05) is 25.1 Å². The molecule has 1 aliphatic carbocycles. The first kappa shape index (κ1) is 10.2.